The third-order valence-electron chi connectivity index (χ3n) is 4.23. The van der Waals surface area contributed by atoms with Gasteiger partial charge in [-0.1, -0.05) is 30.3 Å². The summed E-state index contributed by atoms with van der Waals surface area (Å²) in [4.78, 5) is 23.8. The van der Waals surface area contributed by atoms with Crippen LogP contribution in [0.3, 0.4) is 0 Å². The third kappa shape index (κ3) is 3.60. The summed E-state index contributed by atoms with van der Waals surface area (Å²) in [5.41, 5.74) is 0.480. The highest BCUT2D eigenvalue weighted by molar-refractivity contribution is 7.86. The first kappa shape index (κ1) is 19.5. The van der Waals surface area contributed by atoms with Crippen LogP contribution in [0.5, 0.6) is 0 Å². The quantitative estimate of drug-likeness (QED) is 0.529. The van der Waals surface area contributed by atoms with Gasteiger partial charge in [-0.05, 0) is 40.6 Å². The SMILES string of the molecule is COC(=O)c1cc(C(=O)OC)cc(-c2c(S(=O)(=O)O)ccc3ccccc23)c1. The Morgan fingerprint density at radius 3 is 1.96 bits per heavy atom. The highest BCUT2D eigenvalue weighted by Crippen LogP contribution is 2.36. The molecule has 0 saturated carbocycles. The molecule has 0 bridgehead atoms. The van der Waals surface area contributed by atoms with Gasteiger partial charge in [0.15, 0.2) is 0 Å². The number of ether oxygens (including phenoxy) is 2. The molecule has 0 saturated heterocycles. The van der Waals surface area contributed by atoms with E-state index < -0.39 is 22.1 Å². The molecule has 0 heterocycles. The molecule has 3 rings (SSSR count). The van der Waals surface area contributed by atoms with Gasteiger partial charge in [-0.2, -0.15) is 8.42 Å². The number of benzene rings is 3. The van der Waals surface area contributed by atoms with E-state index in [0.29, 0.717) is 10.8 Å². The second-order valence-electron chi connectivity index (χ2n) is 5.92. The molecule has 0 aliphatic carbocycles. The van der Waals surface area contributed by atoms with E-state index >= 15 is 0 Å². The zero-order valence-corrected chi connectivity index (χ0v) is 15.8. The molecule has 0 aromatic heterocycles. The van der Waals surface area contributed by atoms with Gasteiger partial charge in [0.2, 0.25) is 0 Å². The molecular formula is C20H16O7S. The van der Waals surface area contributed by atoms with Crippen molar-refractivity contribution in [3.05, 3.63) is 65.7 Å². The first-order valence-electron chi connectivity index (χ1n) is 8.07. The highest BCUT2D eigenvalue weighted by atomic mass is 32.2. The standard InChI is InChI=1S/C20H16O7S/c1-26-19(21)14-9-13(10-15(11-14)20(22)27-2)18-16-6-4-3-5-12(16)7-8-17(18)28(23,24)25/h3-11H,1-2H3,(H,23,24,25). The van der Waals surface area contributed by atoms with Gasteiger partial charge in [-0.3, -0.25) is 4.55 Å². The van der Waals surface area contributed by atoms with E-state index in [0.717, 1.165) is 0 Å². The number of hydrogen-bond donors (Lipinski definition) is 1. The second-order valence-corrected chi connectivity index (χ2v) is 7.31. The fourth-order valence-corrected chi connectivity index (χ4v) is 3.73. The monoisotopic (exact) mass is 400 g/mol. The van der Waals surface area contributed by atoms with Crippen molar-refractivity contribution < 1.29 is 32.0 Å². The zero-order valence-electron chi connectivity index (χ0n) is 15.0. The van der Waals surface area contributed by atoms with Crippen LogP contribution >= 0.6 is 0 Å². The predicted octanol–water partition coefficient (Wildman–Crippen LogP) is 3.33. The van der Waals surface area contributed by atoms with Crippen molar-refractivity contribution in [1.29, 1.82) is 0 Å². The van der Waals surface area contributed by atoms with Crippen LogP contribution in [0.4, 0.5) is 0 Å². The Balaban J connectivity index is 2.44. The first-order valence-corrected chi connectivity index (χ1v) is 9.51. The molecule has 144 valence electrons. The average molecular weight is 400 g/mol. The molecule has 0 amide bonds. The molecule has 28 heavy (non-hydrogen) atoms. The number of fused-ring (bicyclic) bond motifs is 1. The molecule has 0 aliphatic rings. The lowest BCUT2D eigenvalue weighted by Crippen LogP contribution is -2.08. The Labute approximate surface area is 161 Å². The third-order valence-corrected chi connectivity index (χ3v) is 5.13. The summed E-state index contributed by atoms with van der Waals surface area (Å²) < 4.78 is 43.2. The Hall–Kier alpha value is -3.23. The number of rotatable bonds is 4. The van der Waals surface area contributed by atoms with Gasteiger partial charge in [0, 0.05) is 5.56 Å². The predicted molar refractivity (Wildman–Crippen MR) is 102 cm³/mol. The molecule has 7 nitrogen and oxygen atoms in total. The van der Waals surface area contributed by atoms with Gasteiger partial charge >= 0.3 is 11.9 Å². The van der Waals surface area contributed by atoms with E-state index in [4.69, 9.17) is 9.47 Å². The molecule has 8 heteroatoms. The maximum atomic E-state index is 12.1. The molecule has 0 spiro atoms. The lowest BCUT2D eigenvalue weighted by Gasteiger charge is -2.14. The van der Waals surface area contributed by atoms with E-state index in [9.17, 15) is 22.6 Å². The van der Waals surface area contributed by atoms with Crippen LogP contribution in [0, 0.1) is 0 Å². The van der Waals surface area contributed by atoms with Crippen molar-refractivity contribution >= 4 is 32.8 Å². The van der Waals surface area contributed by atoms with Gasteiger partial charge < -0.3 is 9.47 Å². The molecular weight excluding hydrogens is 384 g/mol. The van der Waals surface area contributed by atoms with Crippen molar-refractivity contribution in [2.24, 2.45) is 0 Å². The van der Waals surface area contributed by atoms with E-state index in [1.807, 2.05) is 0 Å². The topological polar surface area (TPSA) is 107 Å². The maximum Gasteiger partial charge on any atom is 0.337 e. The fraction of sp³-hybridized carbons (Fsp3) is 0.100. The molecule has 0 atom stereocenters. The van der Waals surface area contributed by atoms with Crippen molar-refractivity contribution in [3.63, 3.8) is 0 Å². The van der Waals surface area contributed by atoms with Gasteiger partial charge in [0.25, 0.3) is 10.1 Å². The summed E-state index contributed by atoms with van der Waals surface area (Å²) in [6.45, 7) is 0. The van der Waals surface area contributed by atoms with Crippen LogP contribution in [0.15, 0.2) is 59.5 Å². The minimum atomic E-state index is -4.58. The number of carbonyl (C=O) groups excluding carboxylic acids is 2. The average Bonchev–Trinajstić information content (AvgIpc) is 2.70. The van der Waals surface area contributed by atoms with Gasteiger partial charge in [-0.25, -0.2) is 9.59 Å². The number of hydrogen-bond acceptors (Lipinski definition) is 6. The number of methoxy groups -OCH3 is 2. The number of esters is 2. The molecule has 0 radical (unpaired) electrons. The first-order chi connectivity index (χ1) is 13.3. The van der Waals surface area contributed by atoms with Crippen LogP contribution in [0.2, 0.25) is 0 Å². The summed E-state index contributed by atoms with van der Waals surface area (Å²) in [6, 6.07) is 13.9. The van der Waals surface area contributed by atoms with E-state index in [1.54, 1.807) is 30.3 Å². The minimum Gasteiger partial charge on any atom is -0.465 e. The van der Waals surface area contributed by atoms with Crippen LogP contribution in [-0.4, -0.2) is 39.1 Å². The normalized spacial score (nSPS) is 11.2. The van der Waals surface area contributed by atoms with Gasteiger partial charge in [0.05, 0.1) is 25.3 Å². The largest absolute Gasteiger partial charge is 0.465 e. The summed E-state index contributed by atoms with van der Waals surface area (Å²) in [7, 11) is -2.21. The molecule has 1 N–H and O–H groups in total. The Morgan fingerprint density at radius 2 is 1.43 bits per heavy atom. The Bertz CT molecular complexity index is 1160. The Kier molecular flexibility index (Phi) is 5.17. The molecule has 0 unspecified atom stereocenters. The van der Waals surface area contributed by atoms with Crippen LogP contribution in [0.25, 0.3) is 21.9 Å². The van der Waals surface area contributed by atoms with E-state index in [2.05, 4.69) is 0 Å². The summed E-state index contributed by atoms with van der Waals surface area (Å²) >= 11 is 0. The maximum absolute atomic E-state index is 12.1. The second kappa shape index (κ2) is 7.41. The van der Waals surface area contributed by atoms with Crippen molar-refractivity contribution in [3.8, 4) is 11.1 Å². The van der Waals surface area contributed by atoms with Gasteiger partial charge in [-0.15, -0.1) is 0 Å². The lowest BCUT2D eigenvalue weighted by molar-refractivity contribution is 0.0599. The van der Waals surface area contributed by atoms with Crippen LogP contribution < -0.4 is 0 Å². The molecule has 3 aromatic carbocycles. The van der Waals surface area contributed by atoms with E-state index in [-0.39, 0.29) is 27.1 Å². The Morgan fingerprint density at radius 1 is 0.857 bits per heavy atom. The van der Waals surface area contributed by atoms with E-state index in [1.165, 1.54) is 38.5 Å². The highest BCUT2D eigenvalue weighted by Gasteiger charge is 2.22. The summed E-state index contributed by atoms with van der Waals surface area (Å²) in [5, 5.41) is 1.24. The smallest absolute Gasteiger partial charge is 0.337 e. The fourth-order valence-electron chi connectivity index (χ4n) is 3.01. The van der Waals surface area contributed by atoms with Crippen molar-refractivity contribution in [2.75, 3.05) is 14.2 Å². The molecule has 3 aromatic rings. The van der Waals surface area contributed by atoms with Crippen molar-refractivity contribution in [1.82, 2.24) is 0 Å². The molecule has 0 fully saturated rings. The molecule has 0 aliphatic heterocycles. The summed E-state index contributed by atoms with van der Waals surface area (Å²) in [6.07, 6.45) is 0. The van der Waals surface area contributed by atoms with Crippen LogP contribution in [-0.2, 0) is 19.6 Å². The van der Waals surface area contributed by atoms with Crippen molar-refractivity contribution in [2.45, 2.75) is 4.90 Å². The minimum absolute atomic E-state index is 0.0367. The summed E-state index contributed by atoms with van der Waals surface area (Å²) in [5.74, 6) is -1.42. The lowest BCUT2D eigenvalue weighted by atomic mass is 9.95. The van der Waals surface area contributed by atoms with Crippen LogP contribution in [0.1, 0.15) is 20.7 Å². The zero-order chi connectivity index (χ0) is 20.5. The number of carbonyl (C=O) groups is 2. The van der Waals surface area contributed by atoms with Gasteiger partial charge in [0.1, 0.15) is 4.90 Å².